The third-order valence-corrected chi connectivity index (χ3v) is 4.13. The first kappa shape index (κ1) is 11.0. The van der Waals surface area contributed by atoms with Gasteiger partial charge in [0, 0.05) is 17.2 Å². The highest BCUT2D eigenvalue weighted by atomic mass is 32.2. The summed E-state index contributed by atoms with van der Waals surface area (Å²) < 4.78 is 0. The molecule has 2 nitrogen and oxygen atoms in total. The molecule has 1 aromatic heterocycles. The lowest BCUT2D eigenvalue weighted by Crippen LogP contribution is -1.94. The molecule has 0 atom stereocenters. The van der Waals surface area contributed by atoms with Crippen molar-refractivity contribution >= 4 is 23.1 Å². The van der Waals surface area contributed by atoms with Crippen molar-refractivity contribution in [3.8, 4) is 0 Å². The first-order chi connectivity index (χ1) is 6.13. The third-order valence-electron chi connectivity index (χ3n) is 1.66. The highest BCUT2D eigenvalue weighted by molar-refractivity contribution is 7.99. The minimum Gasteiger partial charge on any atom is -0.326 e. The Balaban J connectivity index is 2.57. The second-order valence-corrected chi connectivity index (χ2v) is 5.91. The van der Waals surface area contributed by atoms with E-state index in [1.807, 2.05) is 18.7 Å². The van der Waals surface area contributed by atoms with E-state index in [9.17, 15) is 0 Å². The van der Waals surface area contributed by atoms with Crippen LogP contribution in [0.1, 0.15) is 29.4 Å². The van der Waals surface area contributed by atoms with Gasteiger partial charge >= 0.3 is 0 Å². The number of rotatable bonds is 4. The van der Waals surface area contributed by atoms with Crippen molar-refractivity contribution in [2.24, 2.45) is 5.73 Å². The summed E-state index contributed by atoms with van der Waals surface area (Å²) >= 11 is 3.67. The Morgan fingerprint density at radius 1 is 1.54 bits per heavy atom. The fourth-order valence-electron chi connectivity index (χ4n) is 0.977. The van der Waals surface area contributed by atoms with Crippen LogP contribution in [0.3, 0.4) is 0 Å². The van der Waals surface area contributed by atoms with Crippen LogP contribution in [0.4, 0.5) is 0 Å². The van der Waals surface area contributed by atoms with Crippen LogP contribution in [0.25, 0.3) is 0 Å². The van der Waals surface area contributed by atoms with Gasteiger partial charge in [0.15, 0.2) is 0 Å². The van der Waals surface area contributed by atoms with Gasteiger partial charge in [-0.2, -0.15) is 11.8 Å². The predicted molar refractivity (Wildman–Crippen MR) is 61.2 cm³/mol. The predicted octanol–water partition coefficient (Wildman–Crippen LogP) is 2.55. The molecule has 2 N–H and O–H groups in total. The summed E-state index contributed by atoms with van der Waals surface area (Å²) in [5, 5.41) is 1.88. The molecule has 1 rings (SSSR count). The fourth-order valence-corrected chi connectivity index (χ4v) is 2.70. The van der Waals surface area contributed by atoms with Crippen LogP contribution in [0, 0.1) is 6.92 Å². The minimum absolute atomic E-state index is 0.621. The Bertz CT molecular complexity index is 269. The van der Waals surface area contributed by atoms with Gasteiger partial charge in [0.05, 0.1) is 5.69 Å². The number of nitrogens with zero attached hydrogens (tertiary/aromatic N) is 1. The van der Waals surface area contributed by atoms with Crippen LogP contribution in [0.5, 0.6) is 0 Å². The quantitative estimate of drug-likeness (QED) is 0.840. The Morgan fingerprint density at radius 3 is 2.69 bits per heavy atom. The molecule has 0 aliphatic carbocycles. The summed E-state index contributed by atoms with van der Waals surface area (Å²) in [7, 11) is 0. The highest BCUT2D eigenvalue weighted by Crippen LogP contribution is 2.23. The molecule has 0 fully saturated rings. The summed E-state index contributed by atoms with van der Waals surface area (Å²) in [5.41, 5.74) is 6.69. The molecule has 0 saturated carbocycles. The molecule has 74 valence electrons. The van der Waals surface area contributed by atoms with Gasteiger partial charge < -0.3 is 5.73 Å². The average molecular weight is 216 g/mol. The van der Waals surface area contributed by atoms with Gasteiger partial charge in [-0.1, -0.05) is 13.8 Å². The van der Waals surface area contributed by atoms with Crippen LogP contribution in [0.2, 0.25) is 0 Å². The molecular weight excluding hydrogens is 200 g/mol. The highest BCUT2D eigenvalue weighted by Gasteiger charge is 2.06. The van der Waals surface area contributed by atoms with Gasteiger partial charge in [0.25, 0.3) is 0 Å². The summed E-state index contributed by atoms with van der Waals surface area (Å²) in [6.07, 6.45) is 0. The van der Waals surface area contributed by atoms with Crippen molar-refractivity contribution in [2.45, 2.75) is 38.3 Å². The van der Waals surface area contributed by atoms with E-state index in [0.29, 0.717) is 11.8 Å². The molecular formula is C9H16N2S2. The Hall–Kier alpha value is -0.0600. The van der Waals surface area contributed by atoms with Gasteiger partial charge in [-0.25, -0.2) is 4.98 Å². The molecule has 0 aliphatic heterocycles. The summed E-state index contributed by atoms with van der Waals surface area (Å²) in [5.74, 6) is 1.02. The van der Waals surface area contributed by atoms with E-state index in [1.54, 1.807) is 11.3 Å². The molecule has 1 aromatic rings. The largest absolute Gasteiger partial charge is 0.326 e. The van der Waals surface area contributed by atoms with Crippen LogP contribution < -0.4 is 5.73 Å². The van der Waals surface area contributed by atoms with Crippen molar-refractivity contribution in [3.63, 3.8) is 0 Å². The van der Waals surface area contributed by atoms with E-state index < -0.39 is 0 Å². The van der Waals surface area contributed by atoms with Crippen molar-refractivity contribution in [3.05, 3.63) is 15.6 Å². The zero-order chi connectivity index (χ0) is 9.84. The maximum atomic E-state index is 5.58. The molecule has 1 heterocycles. The topological polar surface area (TPSA) is 38.9 Å². The Morgan fingerprint density at radius 2 is 2.23 bits per heavy atom. The lowest BCUT2D eigenvalue weighted by atomic mass is 10.4. The maximum Gasteiger partial charge on any atom is 0.103 e. The van der Waals surface area contributed by atoms with Gasteiger partial charge in [-0.05, 0) is 12.2 Å². The fraction of sp³-hybridized carbons (Fsp3) is 0.667. The lowest BCUT2D eigenvalue weighted by molar-refractivity contribution is 1.05. The number of aromatic nitrogens is 1. The second-order valence-electron chi connectivity index (χ2n) is 3.18. The molecule has 13 heavy (non-hydrogen) atoms. The summed E-state index contributed by atoms with van der Waals surface area (Å²) in [6.45, 7) is 7.06. The minimum atomic E-state index is 0.621. The van der Waals surface area contributed by atoms with Gasteiger partial charge in [0.1, 0.15) is 5.01 Å². The smallest absolute Gasteiger partial charge is 0.103 e. The summed E-state index contributed by atoms with van der Waals surface area (Å²) in [4.78, 5) is 5.69. The molecule has 0 spiro atoms. The third kappa shape index (κ3) is 3.29. The zero-order valence-corrected chi connectivity index (χ0v) is 9.97. The molecule has 0 amide bonds. The van der Waals surface area contributed by atoms with Crippen molar-refractivity contribution < 1.29 is 0 Å². The van der Waals surface area contributed by atoms with E-state index in [2.05, 4.69) is 18.8 Å². The standard InChI is InChI=1S/C9H16N2S2/c1-6(2)12-5-9-11-7(3)8(4-10)13-9/h6H,4-5,10H2,1-3H3. The normalized spacial score (nSPS) is 11.2. The van der Waals surface area contributed by atoms with Crippen molar-refractivity contribution in [2.75, 3.05) is 0 Å². The van der Waals surface area contributed by atoms with E-state index in [1.165, 1.54) is 9.88 Å². The molecule has 0 bridgehead atoms. The average Bonchev–Trinajstić information content (AvgIpc) is 2.43. The number of thioether (sulfide) groups is 1. The molecule has 0 saturated heterocycles. The maximum absolute atomic E-state index is 5.58. The first-order valence-corrected chi connectivity index (χ1v) is 6.27. The number of thiazole rings is 1. The number of hydrogen-bond donors (Lipinski definition) is 1. The van der Waals surface area contributed by atoms with Gasteiger partial charge in [-0.3, -0.25) is 0 Å². The van der Waals surface area contributed by atoms with Crippen molar-refractivity contribution in [1.29, 1.82) is 0 Å². The van der Waals surface area contributed by atoms with E-state index in [0.717, 1.165) is 11.4 Å². The van der Waals surface area contributed by atoms with E-state index >= 15 is 0 Å². The second kappa shape index (κ2) is 4.98. The molecule has 0 aromatic carbocycles. The van der Waals surface area contributed by atoms with Gasteiger partial charge in [0.2, 0.25) is 0 Å². The number of aryl methyl sites for hydroxylation is 1. The SMILES string of the molecule is Cc1nc(CSC(C)C)sc1CN. The van der Waals surface area contributed by atoms with Crippen molar-refractivity contribution in [1.82, 2.24) is 4.98 Å². The van der Waals surface area contributed by atoms with Crippen LogP contribution in [0.15, 0.2) is 0 Å². The summed E-state index contributed by atoms with van der Waals surface area (Å²) in [6, 6.07) is 0. The first-order valence-electron chi connectivity index (χ1n) is 4.40. The molecule has 0 radical (unpaired) electrons. The number of nitrogens with two attached hydrogens (primary N) is 1. The van der Waals surface area contributed by atoms with E-state index in [4.69, 9.17) is 5.73 Å². The molecule has 4 heteroatoms. The van der Waals surface area contributed by atoms with E-state index in [-0.39, 0.29) is 0 Å². The van der Waals surface area contributed by atoms with Crippen LogP contribution in [-0.2, 0) is 12.3 Å². The van der Waals surface area contributed by atoms with Gasteiger partial charge in [-0.15, -0.1) is 11.3 Å². The Labute approximate surface area is 87.9 Å². The van der Waals surface area contributed by atoms with Crippen LogP contribution in [-0.4, -0.2) is 10.2 Å². The molecule has 0 aliphatic rings. The monoisotopic (exact) mass is 216 g/mol. The molecule has 0 unspecified atom stereocenters. The van der Waals surface area contributed by atoms with Crippen LogP contribution >= 0.6 is 23.1 Å². The number of hydrogen-bond acceptors (Lipinski definition) is 4. The zero-order valence-electron chi connectivity index (χ0n) is 8.33. The lowest BCUT2D eigenvalue weighted by Gasteiger charge is -2.00. The Kier molecular flexibility index (Phi) is 4.22.